The van der Waals surface area contributed by atoms with E-state index in [4.69, 9.17) is 0 Å². The van der Waals surface area contributed by atoms with Crippen LogP contribution in [0.4, 0.5) is 5.69 Å². The molecule has 98 valence electrons. The lowest BCUT2D eigenvalue weighted by atomic mass is 10.2. The van der Waals surface area contributed by atoms with Crippen molar-refractivity contribution in [3.05, 3.63) is 33.7 Å². The number of nitrogens with one attached hydrogen (secondary N) is 1. The van der Waals surface area contributed by atoms with Crippen molar-refractivity contribution in [2.45, 2.75) is 19.5 Å². The molecular formula is C12H17BrN4O. The highest BCUT2D eigenvalue weighted by Gasteiger charge is 2.20. The quantitative estimate of drug-likeness (QED) is 0.846. The summed E-state index contributed by atoms with van der Waals surface area (Å²) < 4.78 is 1.97. The molecule has 0 aliphatic carbocycles. The molecule has 0 aromatic carbocycles. The fourth-order valence-corrected chi connectivity index (χ4v) is 2.64. The molecule has 2 heterocycles. The van der Waals surface area contributed by atoms with E-state index in [1.165, 1.54) is 4.68 Å². The molecule has 1 atom stereocenters. The van der Waals surface area contributed by atoms with Gasteiger partial charge in [-0.1, -0.05) is 6.08 Å². The van der Waals surface area contributed by atoms with Crippen LogP contribution in [0.2, 0.25) is 0 Å². The number of allylic oxidation sites excluding steroid dienone is 1. The number of aromatic nitrogens is 2. The maximum Gasteiger partial charge on any atom is 0.283 e. The molecule has 1 unspecified atom stereocenters. The SMILES string of the molecule is C=CCn1ncc(N2CCNC(C)C2)c(Br)c1=O. The summed E-state index contributed by atoms with van der Waals surface area (Å²) >= 11 is 3.39. The van der Waals surface area contributed by atoms with Crippen molar-refractivity contribution in [1.29, 1.82) is 0 Å². The van der Waals surface area contributed by atoms with E-state index in [0.29, 0.717) is 17.1 Å². The van der Waals surface area contributed by atoms with Gasteiger partial charge in [-0.3, -0.25) is 4.79 Å². The van der Waals surface area contributed by atoms with Crippen molar-refractivity contribution in [3.8, 4) is 0 Å². The molecule has 1 aromatic heterocycles. The minimum Gasteiger partial charge on any atom is -0.366 e. The van der Waals surface area contributed by atoms with Gasteiger partial charge >= 0.3 is 0 Å². The molecule has 1 fully saturated rings. The summed E-state index contributed by atoms with van der Waals surface area (Å²) in [5, 5.41) is 7.54. The second kappa shape index (κ2) is 5.67. The summed E-state index contributed by atoms with van der Waals surface area (Å²) in [5.74, 6) is 0. The van der Waals surface area contributed by atoms with Crippen molar-refractivity contribution in [1.82, 2.24) is 15.1 Å². The Hall–Kier alpha value is -1.14. The van der Waals surface area contributed by atoms with Crippen LogP contribution in [0.15, 0.2) is 28.1 Å². The third-order valence-corrected chi connectivity index (χ3v) is 3.72. The monoisotopic (exact) mass is 312 g/mol. The Morgan fingerprint density at radius 3 is 3.17 bits per heavy atom. The lowest BCUT2D eigenvalue weighted by Crippen LogP contribution is -2.49. The van der Waals surface area contributed by atoms with Gasteiger partial charge in [-0.25, -0.2) is 4.68 Å². The van der Waals surface area contributed by atoms with E-state index in [1.54, 1.807) is 12.3 Å². The summed E-state index contributed by atoms with van der Waals surface area (Å²) in [5.41, 5.74) is 0.757. The van der Waals surface area contributed by atoms with Crippen LogP contribution in [0.25, 0.3) is 0 Å². The van der Waals surface area contributed by atoms with Crippen LogP contribution in [0, 0.1) is 0 Å². The Kier molecular flexibility index (Phi) is 4.19. The zero-order chi connectivity index (χ0) is 13.1. The van der Waals surface area contributed by atoms with Gasteiger partial charge in [0.15, 0.2) is 0 Å². The first-order valence-corrected chi connectivity index (χ1v) is 6.77. The highest BCUT2D eigenvalue weighted by atomic mass is 79.9. The molecule has 1 aliphatic heterocycles. The molecule has 5 nitrogen and oxygen atoms in total. The van der Waals surface area contributed by atoms with Crippen molar-refractivity contribution in [2.75, 3.05) is 24.5 Å². The first-order valence-electron chi connectivity index (χ1n) is 5.98. The fraction of sp³-hybridized carbons (Fsp3) is 0.500. The molecule has 0 amide bonds. The third kappa shape index (κ3) is 2.64. The minimum atomic E-state index is -0.112. The molecule has 1 aliphatic rings. The summed E-state index contributed by atoms with van der Waals surface area (Å²) in [6.45, 7) is 8.86. The van der Waals surface area contributed by atoms with Gasteiger partial charge in [0, 0.05) is 25.7 Å². The number of piperazine rings is 1. The Balaban J connectivity index is 2.31. The average Bonchev–Trinajstić information content (AvgIpc) is 2.35. The second-order valence-corrected chi connectivity index (χ2v) is 5.21. The van der Waals surface area contributed by atoms with Crippen LogP contribution in [0.1, 0.15) is 6.92 Å². The Labute approximate surface area is 115 Å². The van der Waals surface area contributed by atoms with E-state index in [1.807, 2.05) is 0 Å². The summed E-state index contributed by atoms with van der Waals surface area (Å²) in [7, 11) is 0. The van der Waals surface area contributed by atoms with Crippen LogP contribution in [0.3, 0.4) is 0 Å². The van der Waals surface area contributed by atoms with E-state index in [-0.39, 0.29) is 5.56 Å². The predicted octanol–water partition coefficient (Wildman–Crippen LogP) is 0.990. The fourth-order valence-electron chi connectivity index (χ4n) is 2.08. The minimum absolute atomic E-state index is 0.112. The lowest BCUT2D eigenvalue weighted by Gasteiger charge is -2.33. The standard InChI is InChI=1S/C12H17BrN4O/c1-3-5-17-12(18)11(13)10(7-15-17)16-6-4-14-9(2)8-16/h3,7,9,14H,1,4-6,8H2,2H3. The third-order valence-electron chi connectivity index (χ3n) is 2.98. The lowest BCUT2D eigenvalue weighted by molar-refractivity contribution is 0.482. The normalized spacial score (nSPS) is 19.9. The zero-order valence-corrected chi connectivity index (χ0v) is 12.0. The van der Waals surface area contributed by atoms with E-state index in [0.717, 1.165) is 25.3 Å². The molecular weight excluding hydrogens is 296 g/mol. The molecule has 1 N–H and O–H groups in total. The van der Waals surface area contributed by atoms with Crippen LogP contribution < -0.4 is 15.8 Å². The molecule has 0 saturated carbocycles. The van der Waals surface area contributed by atoms with E-state index >= 15 is 0 Å². The molecule has 2 rings (SSSR count). The topological polar surface area (TPSA) is 50.2 Å². The average molecular weight is 313 g/mol. The van der Waals surface area contributed by atoms with Crippen molar-refractivity contribution >= 4 is 21.6 Å². The van der Waals surface area contributed by atoms with Gasteiger partial charge in [0.25, 0.3) is 5.56 Å². The summed E-state index contributed by atoms with van der Waals surface area (Å²) in [6.07, 6.45) is 3.40. The number of hydrogen-bond donors (Lipinski definition) is 1. The van der Waals surface area contributed by atoms with Crippen LogP contribution in [0.5, 0.6) is 0 Å². The van der Waals surface area contributed by atoms with Crippen molar-refractivity contribution in [3.63, 3.8) is 0 Å². The molecule has 0 bridgehead atoms. The molecule has 1 saturated heterocycles. The number of anilines is 1. The highest BCUT2D eigenvalue weighted by Crippen LogP contribution is 2.22. The first kappa shape index (κ1) is 13.3. The second-order valence-electron chi connectivity index (χ2n) is 4.42. The van der Waals surface area contributed by atoms with Crippen molar-refractivity contribution < 1.29 is 0 Å². The van der Waals surface area contributed by atoms with E-state index in [2.05, 4.69) is 44.7 Å². The van der Waals surface area contributed by atoms with Crippen LogP contribution in [-0.2, 0) is 6.54 Å². The number of hydrogen-bond acceptors (Lipinski definition) is 4. The van der Waals surface area contributed by atoms with Gasteiger partial charge in [0.1, 0.15) is 4.47 Å². The van der Waals surface area contributed by atoms with Gasteiger partial charge in [0.2, 0.25) is 0 Å². The van der Waals surface area contributed by atoms with Gasteiger partial charge in [-0.05, 0) is 22.9 Å². The highest BCUT2D eigenvalue weighted by molar-refractivity contribution is 9.10. The number of halogens is 1. The number of rotatable bonds is 3. The maximum atomic E-state index is 12.1. The summed E-state index contributed by atoms with van der Waals surface area (Å²) in [4.78, 5) is 14.2. The van der Waals surface area contributed by atoms with Crippen LogP contribution in [-0.4, -0.2) is 35.5 Å². The van der Waals surface area contributed by atoms with Gasteiger partial charge in [-0.2, -0.15) is 5.10 Å². The van der Waals surface area contributed by atoms with E-state index < -0.39 is 0 Å². The zero-order valence-electron chi connectivity index (χ0n) is 10.4. The molecule has 1 aromatic rings. The van der Waals surface area contributed by atoms with Gasteiger partial charge in [0.05, 0.1) is 18.4 Å². The molecule has 0 spiro atoms. The smallest absolute Gasteiger partial charge is 0.283 e. The maximum absolute atomic E-state index is 12.1. The molecule has 18 heavy (non-hydrogen) atoms. The molecule has 0 radical (unpaired) electrons. The number of nitrogens with zero attached hydrogens (tertiary/aromatic N) is 3. The van der Waals surface area contributed by atoms with Crippen LogP contribution >= 0.6 is 15.9 Å². The summed E-state index contributed by atoms with van der Waals surface area (Å²) in [6, 6.07) is 0.418. The first-order chi connectivity index (χ1) is 8.63. The largest absolute Gasteiger partial charge is 0.366 e. The predicted molar refractivity (Wildman–Crippen MR) is 76.1 cm³/mol. The molecule has 6 heteroatoms. The van der Waals surface area contributed by atoms with Gasteiger partial charge < -0.3 is 10.2 Å². The van der Waals surface area contributed by atoms with Crippen molar-refractivity contribution in [2.24, 2.45) is 0 Å². The van der Waals surface area contributed by atoms with E-state index in [9.17, 15) is 4.79 Å². The Morgan fingerprint density at radius 2 is 2.50 bits per heavy atom. The Morgan fingerprint density at radius 1 is 1.72 bits per heavy atom. The Bertz CT molecular complexity index is 499. The van der Waals surface area contributed by atoms with Gasteiger partial charge in [-0.15, -0.1) is 6.58 Å².